The Labute approximate surface area is 171 Å². The molecule has 8 nitrogen and oxygen atoms in total. The molecule has 1 saturated heterocycles. The number of hydrogen-bond donors (Lipinski definition) is 1. The number of ether oxygens (including phenoxy) is 1. The van der Waals surface area contributed by atoms with E-state index in [1.54, 1.807) is 24.4 Å². The first kappa shape index (κ1) is 19.8. The van der Waals surface area contributed by atoms with E-state index in [1.165, 1.54) is 4.57 Å². The van der Waals surface area contributed by atoms with E-state index in [4.69, 9.17) is 42.1 Å². The normalized spacial score (nSPS) is 26.6. The lowest BCUT2D eigenvalue weighted by Gasteiger charge is -2.25. The van der Waals surface area contributed by atoms with Crippen LogP contribution in [-0.4, -0.2) is 22.3 Å². The number of rotatable bonds is 4. The lowest BCUT2D eigenvalue weighted by molar-refractivity contribution is -0.0264. The summed E-state index contributed by atoms with van der Waals surface area (Å²) < 4.78 is 36.6. The molecule has 1 fully saturated rings. The van der Waals surface area contributed by atoms with Gasteiger partial charge in [-0.2, -0.15) is 0 Å². The molecule has 2 aliphatic heterocycles. The number of aromatic amines is 1. The van der Waals surface area contributed by atoms with Gasteiger partial charge in [-0.25, -0.2) is 9.36 Å². The van der Waals surface area contributed by atoms with Crippen molar-refractivity contribution in [3.05, 3.63) is 55.7 Å². The second-order valence-corrected chi connectivity index (χ2v) is 9.07. The molecule has 1 N–H and O–H groups in total. The summed E-state index contributed by atoms with van der Waals surface area (Å²) in [5, 5.41) is 0.542. The molecule has 2 aliphatic rings. The quantitative estimate of drug-likeness (QED) is 0.555. The van der Waals surface area contributed by atoms with Crippen molar-refractivity contribution in [2.24, 2.45) is 0 Å². The Balaban J connectivity index is 1.38. The summed E-state index contributed by atoms with van der Waals surface area (Å²) in [7, 11) is -3.74. The number of aromatic nitrogens is 2. The standard InChI is InChI=1S/C17H18ClN2O6PS/c1-10-7-20(17(21)19-16(10)28)15-5-3-13(25-15)9-24-27(22)23-8-11-6-12(18)2-4-14(11)26-27/h2,4,6-7,13,15H,3,5,8-9H2,1H3,(H,19,21,28). The number of nitrogens with zero attached hydrogens (tertiary/aromatic N) is 1. The third-order valence-electron chi connectivity index (χ3n) is 4.57. The molecule has 0 aliphatic carbocycles. The molecule has 3 heterocycles. The van der Waals surface area contributed by atoms with E-state index in [-0.39, 0.29) is 25.0 Å². The Kier molecular flexibility index (Phi) is 5.48. The second-order valence-electron chi connectivity index (χ2n) is 6.63. The van der Waals surface area contributed by atoms with Gasteiger partial charge in [-0.3, -0.25) is 18.6 Å². The molecule has 0 spiro atoms. The highest BCUT2D eigenvalue weighted by Gasteiger charge is 2.37. The highest BCUT2D eigenvalue weighted by molar-refractivity contribution is 7.71. The summed E-state index contributed by atoms with van der Waals surface area (Å²) >= 11 is 11.0. The second kappa shape index (κ2) is 7.74. The van der Waals surface area contributed by atoms with E-state index in [2.05, 4.69) is 4.98 Å². The van der Waals surface area contributed by atoms with Gasteiger partial charge in [0.05, 0.1) is 19.3 Å². The maximum absolute atomic E-state index is 12.7. The van der Waals surface area contributed by atoms with E-state index in [1.807, 2.05) is 6.92 Å². The largest absolute Gasteiger partial charge is 0.530 e. The van der Waals surface area contributed by atoms with Crippen LogP contribution in [0.4, 0.5) is 0 Å². The molecule has 4 rings (SSSR count). The summed E-state index contributed by atoms with van der Waals surface area (Å²) in [6.07, 6.45) is 2.14. The molecule has 11 heteroatoms. The van der Waals surface area contributed by atoms with Gasteiger partial charge in [0.25, 0.3) is 0 Å². The number of fused-ring (bicyclic) bond motifs is 1. The average molecular weight is 445 g/mol. The summed E-state index contributed by atoms with van der Waals surface area (Å²) in [6.45, 7) is 1.92. The van der Waals surface area contributed by atoms with E-state index >= 15 is 0 Å². The Morgan fingerprint density at radius 3 is 3.07 bits per heavy atom. The topological polar surface area (TPSA) is 91.8 Å². The molecule has 1 aromatic heterocycles. The monoisotopic (exact) mass is 444 g/mol. The van der Waals surface area contributed by atoms with Crippen LogP contribution in [0.1, 0.15) is 30.2 Å². The fourth-order valence-electron chi connectivity index (χ4n) is 3.10. The molecule has 150 valence electrons. The zero-order chi connectivity index (χ0) is 19.9. The van der Waals surface area contributed by atoms with Gasteiger partial charge in [0, 0.05) is 22.3 Å². The Hall–Kier alpha value is -1.48. The molecule has 0 radical (unpaired) electrons. The van der Waals surface area contributed by atoms with Gasteiger partial charge in [0.2, 0.25) is 0 Å². The fraction of sp³-hybridized carbons (Fsp3) is 0.412. The Morgan fingerprint density at radius 1 is 1.43 bits per heavy atom. The minimum Gasteiger partial charge on any atom is -0.404 e. The SMILES string of the molecule is Cc1cn(C2CCC(COP3(=O)OCc4cc(Cl)ccc4O3)O2)c(=O)[nH]c1=S. The summed E-state index contributed by atoms with van der Waals surface area (Å²) in [5.41, 5.74) is 1.16. The van der Waals surface area contributed by atoms with Crippen molar-refractivity contribution in [2.75, 3.05) is 6.61 Å². The van der Waals surface area contributed by atoms with Crippen LogP contribution < -0.4 is 10.2 Å². The van der Waals surface area contributed by atoms with Crippen LogP contribution in [-0.2, 0) is 25.0 Å². The van der Waals surface area contributed by atoms with E-state index < -0.39 is 14.1 Å². The zero-order valence-corrected chi connectivity index (χ0v) is 17.4. The molecule has 28 heavy (non-hydrogen) atoms. The van der Waals surface area contributed by atoms with Gasteiger partial charge in [0.15, 0.2) is 0 Å². The van der Waals surface area contributed by atoms with Gasteiger partial charge in [-0.05, 0) is 38.0 Å². The molecular weight excluding hydrogens is 427 g/mol. The van der Waals surface area contributed by atoms with Crippen molar-refractivity contribution in [3.8, 4) is 5.75 Å². The number of phosphoric acid groups is 1. The zero-order valence-electron chi connectivity index (χ0n) is 14.9. The number of hydrogen-bond acceptors (Lipinski definition) is 7. The molecule has 3 atom stereocenters. The van der Waals surface area contributed by atoms with Crippen LogP contribution in [0.2, 0.25) is 5.02 Å². The number of H-pyrrole nitrogens is 1. The summed E-state index contributed by atoms with van der Waals surface area (Å²) in [4.78, 5) is 14.7. The molecular formula is C17H18ClN2O6PS. The third kappa shape index (κ3) is 4.10. The number of aryl methyl sites for hydroxylation is 1. The van der Waals surface area contributed by atoms with Crippen LogP contribution in [0.3, 0.4) is 0 Å². The van der Waals surface area contributed by atoms with Crippen molar-refractivity contribution in [1.82, 2.24) is 9.55 Å². The first-order valence-electron chi connectivity index (χ1n) is 8.68. The highest BCUT2D eigenvalue weighted by Crippen LogP contribution is 2.55. The molecule has 0 amide bonds. The van der Waals surface area contributed by atoms with Crippen LogP contribution in [0.25, 0.3) is 0 Å². The van der Waals surface area contributed by atoms with E-state index in [0.29, 0.717) is 33.8 Å². The van der Waals surface area contributed by atoms with Crippen LogP contribution >= 0.6 is 31.6 Å². The maximum atomic E-state index is 12.7. The predicted octanol–water partition coefficient (Wildman–Crippen LogP) is 4.28. The smallest absolute Gasteiger partial charge is 0.404 e. The lowest BCUT2D eigenvalue weighted by atomic mass is 10.2. The van der Waals surface area contributed by atoms with Crippen molar-refractivity contribution in [1.29, 1.82) is 0 Å². The third-order valence-corrected chi connectivity index (χ3v) is 6.56. The average Bonchev–Trinajstić information content (AvgIpc) is 3.12. The minimum absolute atomic E-state index is 0.0211. The number of nitrogens with one attached hydrogen (secondary N) is 1. The van der Waals surface area contributed by atoms with E-state index in [0.717, 1.165) is 5.56 Å². The van der Waals surface area contributed by atoms with Crippen molar-refractivity contribution in [3.63, 3.8) is 0 Å². The Bertz CT molecular complexity index is 1070. The predicted molar refractivity (Wildman–Crippen MR) is 104 cm³/mol. The Morgan fingerprint density at radius 2 is 2.25 bits per heavy atom. The maximum Gasteiger partial charge on any atom is 0.530 e. The van der Waals surface area contributed by atoms with Crippen LogP contribution in [0.5, 0.6) is 5.75 Å². The highest BCUT2D eigenvalue weighted by atomic mass is 35.5. The van der Waals surface area contributed by atoms with Crippen LogP contribution in [0.15, 0.2) is 29.2 Å². The van der Waals surface area contributed by atoms with Gasteiger partial charge in [-0.15, -0.1) is 0 Å². The molecule has 0 saturated carbocycles. The molecule has 3 unspecified atom stereocenters. The summed E-state index contributed by atoms with van der Waals surface area (Å²) in [6, 6.07) is 4.97. The van der Waals surface area contributed by atoms with Crippen molar-refractivity contribution < 1.29 is 22.9 Å². The molecule has 0 bridgehead atoms. The molecule has 2 aromatic rings. The fourth-order valence-corrected chi connectivity index (χ4v) is 4.68. The van der Waals surface area contributed by atoms with Gasteiger partial charge in [-0.1, -0.05) is 23.8 Å². The van der Waals surface area contributed by atoms with Gasteiger partial charge in [0.1, 0.15) is 16.6 Å². The lowest BCUT2D eigenvalue weighted by Crippen LogP contribution is -2.28. The van der Waals surface area contributed by atoms with Crippen LogP contribution in [0, 0.1) is 11.6 Å². The first-order chi connectivity index (χ1) is 13.3. The number of phosphoric ester groups is 1. The van der Waals surface area contributed by atoms with Gasteiger partial charge >= 0.3 is 13.5 Å². The molecule has 1 aromatic carbocycles. The number of benzene rings is 1. The van der Waals surface area contributed by atoms with E-state index in [9.17, 15) is 9.36 Å². The summed E-state index contributed by atoms with van der Waals surface area (Å²) in [5.74, 6) is 0.422. The van der Waals surface area contributed by atoms with Gasteiger partial charge < -0.3 is 9.26 Å². The van der Waals surface area contributed by atoms with Crippen molar-refractivity contribution >= 4 is 31.6 Å². The van der Waals surface area contributed by atoms with Crippen molar-refractivity contribution in [2.45, 2.75) is 38.7 Å². The number of halogens is 1. The first-order valence-corrected chi connectivity index (χ1v) is 10.9. The minimum atomic E-state index is -3.74.